The number of hydrazone groups is 1. The summed E-state index contributed by atoms with van der Waals surface area (Å²) in [5, 5.41) is 40.8. The largest absolute Gasteiger partial charge is 0.508 e. The van der Waals surface area contributed by atoms with Crippen LogP contribution in [0.2, 0.25) is 0 Å². The van der Waals surface area contributed by atoms with Crippen LogP contribution in [0.5, 0.6) is 23.0 Å². The van der Waals surface area contributed by atoms with E-state index in [-0.39, 0.29) is 28.4 Å². The Hall–Kier alpha value is -3.22. The maximum Gasteiger partial charge on any atom is 0.271 e. The highest BCUT2D eigenvalue weighted by molar-refractivity contribution is 5.95. The Bertz CT molecular complexity index is 713. The van der Waals surface area contributed by atoms with Crippen molar-refractivity contribution >= 4 is 12.1 Å². The lowest BCUT2D eigenvalue weighted by Gasteiger charge is -2.02. The minimum atomic E-state index is -0.610. The van der Waals surface area contributed by atoms with E-state index in [0.717, 1.165) is 12.3 Å². The topological polar surface area (TPSA) is 122 Å². The molecule has 0 heterocycles. The van der Waals surface area contributed by atoms with E-state index < -0.39 is 11.7 Å². The van der Waals surface area contributed by atoms with Crippen LogP contribution in [0.15, 0.2) is 41.5 Å². The van der Waals surface area contributed by atoms with Crippen molar-refractivity contribution in [1.82, 2.24) is 5.43 Å². The zero-order valence-electron chi connectivity index (χ0n) is 10.7. The van der Waals surface area contributed by atoms with Crippen LogP contribution in [0.3, 0.4) is 0 Å². The molecule has 21 heavy (non-hydrogen) atoms. The molecular weight excluding hydrogens is 276 g/mol. The van der Waals surface area contributed by atoms with Crippen LogP contribution in [0.4, 0.5) is 0 Å². The number of amides is 1. The molecule has 0 aliphatic heterocycles. The van der Waals surface area contributed by atoms with E-state index in [2.05, 4.69) is 10.5 Å². The van der Waals surface area contributed by atoms with Gasteiger partial charge in [0, 0.05) is 11.1 Å². The summed E-state index contributed by atoms with van der Waals surface area (Å²) in [4.78, 5) is 11.7. The zero-order chi connectivity index (χ0) is 15.4. The highest BCUT2D eigenvalue weighted by atomic mass is 16.3. The third-order valence-corrected chi connectivity index (χ3v) is 2.62. The van der Waals surface area contributed by atoms with Crippen molar-refractivity contribution in [3.63, 3.8) is 0 Å². The van der Waals surface area contributed by atoms with Gasteiger partial charge >= 0.3 is 0 Å². The minimum absolute atomic E-state index is 0.0518. The Balaban J connectivity index is 2.08. The lowest BCUT2D eigenvalue weighted by atomic mass is 10.2. The van der Waals surface area contributed by atoms with Gasteiger partial charge in [-0.3, -0.25) is 4.79 Å². The van der Waals surface area contributed by atoms with Crippen LogP contribution < -0.4 is 5.43 Å². The van der Waals surface area contributed by atoms with Crippen LogP contribution in [-0.4, -0.2) is 32.5 Å². The van der Waals surface area contributed by atoms with Gasteiger partial charge in [-0.1, -0.05) is 0 Å². The van der Waals surface area contributed by atoms with Gasteiger partial charge in [0.1, 0.15) is 11.5 Å². The Kier molecular flexibility index (Phi) is 3.94. The number of phenolic OH excluding ortho intramolecular Hbond substituents is 4. The van der Waals surface area contributed by atoms with Crippen LogP contribution in [0.1, 0.15) is 15.9 Å². The maximum absolute atomic E-state index is 11.7. The zero-order valence-corrected chi connectivity index (χ0v) is 10.7. The first kappa shape index (κ1) is 14.2. The molecule has 0 aliphatic rings. The first-order chi connectivity index (χ1) is 9.97. The summed E-state index contributed by atoms with van der Waals surface area (Å²) < 4.78 is 0. The second-order valence-electron chi connectivity index (χ2n) is 4.15. The van der Waals surface area contributed by atoms with Gasteiger partial charge in [0.25, 0.3) is 5.91 Å². The number of rotatable bonds is 3. The molecule has 0 unspecified atom stereocenters. The van der Waals surface area contributed by atoms with Crippen LogP contribution in [-0.2, 0) is 0 Å². The fraction of sp³-hybridized carbons (Fsp3) is 0. The number of nitrogens with one attached hydrogen (secondary N) is 1. The van der Waals surface area contributed by atoms with Crippen LogP contribution in [0.25, 0.3) is 0 Å². The van der Waals surface area contributed by atoms with Crippen molar-refractivity contribution in [3.05, 3.63) is 47.5 Å². The van der Waals surface area contributed by atoms with E-state index in [9.17, 15) is 20.1 Å². The third-order valence-electron chi connectivity index (χ3n) is 2.62. The van der Waals surface area contributed by atoms with Crippen LogP contribution >= 0.6 is 0 Å². The fourth-order valence-electron chi connectivity index (χ4n) is 1.53. The minimum Gasteiger partial charge on any atom is -0.508 e. The average Bonchev–Trinajstić information content (AvgIpc) is 2.45. The Morgan fingerprint density at radius 2 is 1.67 bits per heavy atom. The maximum atomic E-state index is 11.7. The summed E-state index contributed by atoms with van der Waals surface area (Å²) in [6.45, 7) is 0. The molecule has 0 atom stereocenters. The Labute approximate surface area is 119 Å². The molecule has 7 heteroatoms. The molecule has 0 fully saturated rings. The van der Waals surface area contributed by atoms with Crippen molar-refractivity contribution < 1.29 is 25.2 Å². The number of aromatic hydroxyl groups is 4. The molecule has 2 aromatic rings. The van der Waals surface area contributed by atoms with E-state index in [1.54, 1.807) is 0 Å². The number of nitrogens with zero attached hydrogens (tertiary/aromatic N) is 1. The van der Waals surface area contributed by atoms with Gasteiger partial charge in [-0.25, -0.2) is 5.43 Å². The van der Waals surface area contributed by atoms with Crippen molar-refractivity contribution in [2.75, 3.05) is 0 Å². The molecule has 0 aromatic heterocycles. The molecule has 2 aromatic carbocycles. The van der Waals surface area contributed by atoms with E-state index in [4.69, 9.17) is 5.11 Å². The van der Waals surface area contributed by atoms with Crippen LogP contribution in [0, 0.1) is 0 Å². The second kappa shape index (κ2) is 5.83. The van der Waals surface area contributed by atoms with Crippen molar-refractivity contribution in [2.24, 2.45) is 5.10 Å². The molecule has 5 N–H and O–H groups in total. The summed E-state index contributed by atoms with van der Waals surface area (Å²) in [5.41, 5.74) is 2.51. The highest BCUT2D eigenvalue weighted by Crippen LogP contribution is 2.24. The molecule has 1 amide bonds. The molecule has 7 nitrogen and oxygen atoms in total. The molecular formula is C14H12N2O5. The van der Waals surface area contributed by atoms with E-state index in [1.165, 1.54) is 30.3 Å². The first-order valence-electron chi connectivity index (χ1n) is 5.85. The van der Waals surface area contributed by atoms with Crippen molar-refractivity contribution in [1.29, 1.82) is 0 Å². The van der Waals surface area contributed by atoms with Gasteiger partial charge in [0.15, 0.2) is 11.5 Å². The van der Waals surface area contributed by atoms with Gasteiger partial charge in [-0.05, 0) is 36.4 Å². The molecule has 2 rings (SSSR count). The number of phenols is 4. The standard InChI is InChI=1S/C14H12N2O5/c17-10-2-4-11(18)9(5-10)7-15-16-14(21)8-1-3-12(19)13(20)6-8/h1-7,17-20H,(H,16,21)/b15-7+. The molecule has 0 saturated heterocycles. The number of hydrogen-bond acceptors (Lipinski definition) is 6. The predicted octanol–water partition coefficient (Wildman–Crippen LogP) is 1.27. The molecule has 0 saturated carbocycles. The summed E-state index contributed by atoms with van der Waals surface area (Å²) in [5.74, 6) is -1.52. The Morgan fingerprint density at radius 1 is 0.952 bits per heavy atom. The average molecular weight is 288 g/mol. The molecule has 108 valence electrons. The fourth-order valence-corrected chi connectivity index (χ4v) is 1.53. The van der Waals surface area contributed by atoms with Gasteiger partial charge in [0.2, 0.25) is 0 Å². The molecule has 0 aliphatic carbocycles. The number of hydrogen-bond donors (Lipinski definition) is 5. The van der Waals surface area contributed by atoms with Gasteiger partial charge in [0.05, 0.1) is 6.21 Å². The van der Waals surface area contributed by atoms with E-state index in [1.807, 2.05) is 0 Å². The third kappa shape index (κ3) is 3.41. The van der Waals surface area contributed by atoms with E-state index >= 15 is 0 Å². The summed E-state index contributed by atoms with van der Waals surface area (Å²) in [7, 11) is 0. The summed E-state index contributed by atoms with van der Waals surface area (Å²) in [6, 6.07) is 7.45. The number of carbonyl (C=O) groups excluding carboxylic acids is 1. The SMILES string of the molecule is O=C(N/N=C/c1cc(O)ccc1O)c1ccc(O)c(O)c1. The number of benzene rings is 2. The smallest absolute Gasteiger partial charge is 0.271 e. The normalized spacial score (nSPS) is 10.7. The van der Waals surface area contributed by atoms with Crippen molar-refractivity contribution in [2.45, 2.75) is 0 Å². The first-order valence-corrected chi connectivity index (χ1v) is 5.85. The summed E-state index contributed by atoms with van der Waals surface area (Å²) >= 11 is 0. The molecule has 0 radical (unpaired) electrons. The quantitative estimate of drug-likeness (QED) is 0.252. The highest BCUT2D eigenvalue weighted by Gasteiger charge is 2.07. The predicted molar refractivity (Wildman–Crippen MR) is 74.6 cm³/mol. The second-order valence-corrected chi connectivity index (χ2v) is 4.15. The number of carbonyl (C=O) groups is 1. The van der Waals surface area contributed by atoms with Crippen molar-refractivity contribution in [3.8, 4) is 23.0 Å². The van der Waals surface area contributed by atoms with Gasteiger partial charge in [-0.2, -0.15) is 5.10 Å². The molecule has 0 spiro atoms. The van der Waals surface area contributed by atoms with Gasteiger partial charge in [-0.15, -0.1) is 0 Å². The monoisotopic (exact) mass is 288 g/mol. The lowest BCUT2D eigenvalue weighted by Crippen LogP contribution is -2.17. The Morgan fingerprint density at radius 3 is 2.38 bits per heavy atom. The summed E-state index contributed by atoms with van der Waals surface area (Å²) in [6.07, 6.45) is 1.16. The van der Waals surface area contributed by atoms with Gasteiger partial charge < -0.3 is 20.4 Å². The lowest BCUT2D eigenvalue weighted by molar-refractivity contribution is 0.0954. The molecule has 0 bridgehead atoms. The van der Waals surface area contributed by atoms with E-state index in [0.29, 0.717) is 0 Å².